The van der Waals surface area contributed by atoms with Gasteiger partial charge in [-0.05, 0) is 37.8 Å². The molecule has 0 saturated carbocycles. The van der Waals surface area contributed by atoms with Crippen LogP contribution in [0.3, 0.4) is 0 Å². The lowest BCUT2D eigenvalue weighted by Gasteiger charge is -2.08. The highest BCUT2D eigenvalue weighted by Crippen LogP contribution is 2.21. The largest absolute Gasteiger partial charge is 0.496 e. The number of hydrogen-bond acceptors (Lipinski definition) is 4. The van der Waals surface area contributed by atoms with E-state index in [2.05, 4.69) is 0 Å². The lowest BCUT2D eigenvalue weighted by molar-refractivity contribution is -0.143. The fourth-order valence-corrected chi connectivity index (χ4v) is 1.86. The van der Waals surface area contributed by atoms with E-state index in [0.717, 1.165) is 36.9 Å². The van der Waals surface area contributed by atoms with E-state index in [4.69, 9.17) is 9.47 Å². The molecular weight excluding hydrogens is 244 g/mol. The molecule has 1 aromatic rings. The first-order valence-corrected chi connectivity index (χ1v) is 6.49. The molecule has 19 heavy (non-hydrogen) atoms. The second-order valence-corrected chi connectivity index (χ2v) is 4.20. The summed E-state index contributed by atoms with van der Waals surface area (Å²) in [6.45, 7) is 2.23. The van der Waals surface area contributed by atoms with Crippen LogP contribution in [0.25, 0.3) is 0 Å². The molecule has 0 aliphatic carbocycles. The topological polar surface area (TPSA) is 52.6 Å². The molecule has 0 radical (unpaired) electrons. The molecule has 0 aliphatic heterocycles. The van der Waals surface area contributed by atoms with E-state index in [1.165, 1.54) is 0 Å². The zero-order chi connectivity index (χ0) is 14.1. The van der Waals surface area contributed by atoms with E-state index in [1.54, 1.807) is 26.2 Å². The SMILES string of the molecule is CCOC(=O)CCCCc1ccc(C=O)cc1OC. The molecule has 0 aromatic heterocycles. The maximum absolute atomic E-state index is 11.2. The second-order valence-electron chi connectivity index (χ2n) is 4.20. The number of rotatable bonds is 8. The summed E-state index contributed by atoms with van der Waals surface area (Å²) in [6, 6.07) is 5.40. The molecule has 0 aliphatic rings. The van der Waals surface area contributed by atoms with E-state index in [9.17, 15) is 9.59 Å². The smallest absolute Gasteiger partial charge is 0.305 e. The van der Waals surface area contributed by atoms with Gasteiger partial charge in [-0.3, -0.25) is 9.59 Å². The van der Waals surface area contributed by atoms with Crippen LogP contribution < -0.4 is 4.74 Å². The lowest BCUT2D eigenvalue weighted by atomic mass is 10.0. The summed E-state index contributed by atoms with van der Waals surface area (Å²) in [4.78, 5) is 21.9. The summed E-state index contributed by atoms with van der Waals surface area (Å²) in [6.07, 6.45) is 3.74. The highest BCUT2D eigenvalue weighted by molar-refractivity contribution is 5.75. The molecule has 4 heteroatoms. The van der Waals surface area contributed by atoms with Crippen molar-refractivity contribution in [3.8, 4) is 5.75 Å². The summed E-state index contributed by atoms with van der Waals surface area (Å²) in [5.74, 6) is 0.575. The average Bonchev–Trinajstić information content (AvgIpc) is 2.44. The van der Waals surface area contributed by atoms with Crippen LogP contribution in [-0.4, -0.2) is 26.0 Å². The van der Waals surface area contributed by atoms with Gasteiger partial charge in [-0.1, -0.05) is 12.1 Å². The molecule has 0 bridgehead atoms. The molecule has 0 saturated heterocycles. The summed E-state index contributed by atoms with van der Waals surface area (Å²) in [5, 5.41) is 0. The monoisotopic (exact) mass is 264 g/mol. The fraction of sp³-hybridized carbons (Fsp3) is 0.467. The first kappa shape index (κ1) is 15.2. The number of esters is 1. The molecule has 0 atom stereocenters. The van der Waals surface area contributed by atoms with Crippen molar-refractivity contribution in [1.29, 1.82) is 0 Å². The molecule has 1 rings (SSSR count). The normalized spacial score (nSPS) is 10.0. The number of carbonyl (C=O) groups is 2. The second kappa shape index (κ2) is 8.29. The first-order chi connectivity index (χ1) is 9.21. The third kappa shape index (κ3) is 5.12. The number of methoxy groups -OCH3 is 1. The average molecular weight is 264 g/mol. The third-order valence-electron chi connectivity index (χ3n) is 2.83. The van der Waals surface area contributed by atoms with Gasteiger partial charge in [0.25, 0.3) is 0 Å². The highest BCUT2D eigenvalue weighted by atomic mass is 16.5. The van der Waals surface area contributed by atoms with Crippen molar-refractivity contribution in [3.05, 3.63) is 29.3 Å². The number of hydrogen-bond donors (Lipinski definition) is 0. The Morgan fingerprint density at radius 3 is 2.74 bits per heavy atom. The molecular formula is C15H20O4. The van der Waals surface area contributed by atoms with Gasteiger partial charge in [0.05, 0.1) is 13.7 Å². The van der Waals surface area contributed by atoms with Gasteiger partial charge in [-0.25, -0.2) is 0 Å². The summed E-state index contributed by atoms with van der Waals surface area (Å²) < 4.78 is 10.1. The van der Waals surface area contributed by atoms with Crippen LogP contribution in [0, 0.1) is 0 Å². The number of aldehydes is 1. The van der Waals surface area contributed by atoms with Crippen LogP contribution in [0.1, 0.15) is 42.1 Å². The van der Waals surface area contributed by atoms with Crippen LogP contribution in [0.5, 0.6) is 5.75 Å². The van der Waals surface area contributed by atoms with E-state index >= 15 is 0 Å². The van der Waals surface area contributed by atoms with Gasteiger partial charge in [0, 0.05) is 12.0 Å². The van der Waals surface area contributed by atoms with Gasteiger partial charge in [0.1, 0.15) is 12.0 Å². The van der Waals surface area contributed by atoms with Crippen LogP contribution >= 0.6 is 0 Å². The first-order valence-electron chi connectivity index (χ1n) is 6.49. The minimum atomic E-state index is -0.147. The van der Waals surface area contributed by atoms with Crippen LogP contribution in [0.2, 0.25) is 0 Å². The highest BCUT2D eigenvalue weighted by Gasteiger charge is 2.06. The minimum Gasteiger partial charge on any atom is -0.496 e. The Balaban J connectivity index is 2.44. The number of unbranched alkanes of at least 4 members (excludes halogenated alkanes) is 1. The molecule has 0 N–H and O–H groups in total. The van der Waals surface area contributed by atoms with Crippen molar-refractivity contribution in [3.63, 3.8) is 0 Å². The maximum Gasteiger partial charge on any atom is 0.305 e. The molecule has 0 spiro atoms. The van der Waals surface area contributed by atoms with Crippen molar-refractivity contribution in [2.75, 3.05) is 13.7 Å². The predicted molar refractivity (Wildman–Crippen MR) is 72.6 cm³/mol. The van der Waals surface area contributed by atoms with Gasteiger partial charge in [-0.2, -0.15) is 0 Å². The van der Waals surface area contributed by atoms with Gasteiger partial charge < -0.3 is 9.47 Å². The van der Waals surface area contributed by atoms with Crippen molar-refractivity contribution < 1.29 is 19.1 Å². The fourth-order valence-electron chi connectivity index (χ4n) is 1.86. The van der Waals surface area contributed by atoms with E-state index in [1.807, 2.05) is 6.07 Å². The van der Waals surface area contributed by atoms with Gasteiger partial charge in [-0.15, -0.1) is 0 Å². The van der Waals surface area contributed by atoms with Crippen molar-refractivity contribution in [1.82, 2.24) is 0 Å². The van der Waals surface area contributed by atoms with Crippen molar-refractivity contribution in [2.24, 2.45) is 0 Å². The molecule has 1 aromatic carbocycles. The minimum absolute atomic E-state index is 0.147. The Hall–Kier alpha value is -1.84. The molecule has 0 amide bonds. The van der Waals surface area contributed by atoms with Crippen LogP contribution in [0.15, 0.2) is 18.2 Å². The number of carbonyl (C=O) groups excluding carboxylic acids is 2. The zero-order valence-corrected chi connectivity index (χ0v) is 11.5. The molecule has 0 fully saturated rings. The molecule has 104 valence electrons. The summed E-state index contributed by atoms with van der Waals surface area (Å²) >= 11 is 0. The Morgan fingerprint density at radius 2 is 2.11 bits per heavy atom. The Labute approximate surface area is 113 Å². The number of benzene rings is 1. The molecule has 0 heterocycles. The van der Waals surface area contributed by atoms with Crippen molar-refractivity contribution in [2.45, 2.75) is 32.6 Å². The van der Waals surface area contributed by atoms with Gasteiger partial charge in [0.15, 0.2) is 0 Å². The van der Waals surface area contributed by atoms with Crippen LogP contribution in [-0.2, 0) is 16.0 Å². The Kier molecular flexibility index (Phi) is 6.64. The zero-order valence-electron chi connectivity index (χ0n) is 11.5. The Bertz CT molecular complexity index is 426. The predicted octanol–water partition coefficient (Wildman–Crippen LogP) is 2.78. The number of aryl methyl sites for hydroxylation is 1. The maximum atomic E-state index is 11.2. The summed E-state index contributed by atoms with van der Waals surface area (Å²) in [7, 11) is 1.59. The lowest BCUT2D eigenvalue weighted by Crippen LogP contribution is -2.03. The van der Waals surface area contributed by atoms with E-state index < -0.39 is 0 Å². The van der Waals surface area contributed by atoms with Gasteiger partial charge >= 0.3 is 5.97 Å². The van der Waals surface area contributed by atoms with Gasteiger partial charge in [0.2, 0.25) is 0 Å². The number of ether oxygens (including phenoxy) is 2. The standard InChI is InChI=1S/C15H20O4/c1-3-19-15(17)7-5-4-6-13-9-8-12(11-16)10-14(13)18-2/h8-11H,3-7H2,1-2H3. The van der Waals surface area contributed by atoms with Crippen molar-refractivity contribution >= 4 is 12.3 Å². The quantitative estimate of drug-likeness (QED) is 0.411. The molecule has 0 unspecified atom stereocenters. The van der Waals surface area contributed by atoms with E-state index in [-0.39, 0.29) is 5.97 Å². The van der Waals surface area contributed by atoms with E-state index in [0.29, 0.717) is 18.6 Å². The Morgan fingerprint density at radius 1 is 1.32 bits per heavy atom. The van der Waals surface area contributed by atoms with Crippen LogP contribution in [0.4, 0.5) is 0 Å². The third-order valence-corrected chi connectivity index (χ3v) is 2.83. The summed E-state index contributed by atoms with van der Waals surface area (Å²) in [5.41, 5.74) is 1.66. The molecule has 4 nitrogen and oxygen atoms in total.